The molecule has 1 fully saturated rings. The van der Waals surface area contributed by atoms with Crippen molar-refractivity contribution in [3.05, 3.63) is 93.0 Å². The van der Waals surface area contributed by atoms with Crippen LogP contribution >= 0.6 is 0 Å². The molecule has 4 aliphatic heterocycles. The lowest BCUT2D eigenvalue weighted by atomic mass is 9.89. The van der Waals surface area contributed by atoms with Crippen LogP contribution in [0.5, 0.6) is 0 Å². The van der Waals surface area contributed by atoms with Crippen molar-refractivity contribution in [3.8, 4) is 0 Å². The first-order valence-corrected chi connectivity index (χ1v) is 14.4. The van der Waals surface area contributed by atoms with Gasteiger partial charge in [-0.05, 0) is 73.4 Å². The molecule has 8 bridgehead atoms. The standard InChI is InChI=1S/C32H28N8O2/c41-28-15-26-29(27-16-33-30-31(38-27)40(32(42)39-30)17-18-4-2-1-3-5-18)24-11-10-22(36-24)13-21-7-6-19(34-21)12-20-8-9-23(35-20)14-25(28)37-26/h6-16,18,25,34-35,37H,1-5,17H2. The number of carbonyl (C=O) groups excluding carboxylic acids is 2. The second kappa shape index (κ2) is 9.76. The number of carbonyl (C=O) groups is 2. The highest BCUT2D eigenvalue weighted by Crippen LogP contribution is 2.27. The maximum Gasteiger partial charge on any atom is 0.351 e. The van der Waals surface area contributed by atoms with E-state index in [0.717, 1.165) is 40.6 Å². The molecule has 0 aromatic carbocycles. The van der Waals surface area contributed by atoms with Gasteiger partial charge in [0.25, 0.3) is 0 Å². The zero-order valence-electron chi connectivity index (χ0n) is 22.8. The number of allylic oxidation sites excluding steroid dienone is 3. The van der Waals surface area contributed by atoms with Gasteiger partial charge in [0, 0.05) is 34.7 Å². The van der Waals surface area contributed by atoms with Crippen molar-refractivity contribution >= 4 is 47.1 Å². The van der Waals surface area contributed by atoms with E-state index in [9.17, 15) is 9.59 Å². The lowest BCUT2D eigenvalue weighted by Crippen LogP contribution is -2.36. The van der Waals surface area contributed by atoms with E-state index in [0.29, 0.717) is 46.1 Å². The largest absolute Gasteiger partial charge is 0.371 e. The van der Waals surface area contributed by atoms with Crippen LogP contribution in [0.2, 0.25) is 0 Å². The van der Waals surface area contributed by atoms with Gasteiger partial charge in [-0.3, -0.25) is 9.69 Å². The second-order valence-electron chi connectivity index (χ2n) is 11.3. The molecule has 8 rings (SSSR count). The lowest BCUT2D eigenvalue weighted by molar-refractivity contribution is -0.114. The first kappa shape index (κ1) is 24.7. The fourth-order valence-corrected chi connectivity index (χ4v) is 6.29. The van der Waals surface area contributed by atoms with Gasteiger partial charge in [0.15, 0.2) is 11.6 Å². The summed E-state index contributed by atoms with van der Waals surface area (Å²) in [6.45, 7) is 0.584. The summed E-state index contributed by atoms with van der Waals surface area (Å²) in [6.07, 6.45) is 18.7. The van der Waals surface area contributed by atoms with Gasteiger partial charge in [-0.25, -0.2) is 19.8 Å². The monoisotopic (exact) mass is 556 g/mol. The highest BCUT2D eigenvalue weighted by molar-refractivity contribution is 6.31. The second-order valence-corrected chi connectivity index (χ2v) is 11.3. The van der Waals surface area contributed by atoms with Crippen LogP contribution in [0.4, 0.5) is 10.6 Å². The Bertz CT molecular complexity index is 2030. The fourth-order valence-electron chi connectivity index (χ4n) is 6.29. The molecule has 1 unspecified atom stereocenters. The molecule has 0 radical (unpaired) electrons. The Labute approximate surface area is 240 Å². The number of aromatic nitrogens is 4. The average molecular weight is 557 g/mol. The van der Waals surface area contributed by atoms with E-state index in [4.69, 9.17) is 9.98 Å². The van der Waals surface area contributed by atoms with Crippen LogP contribution in [0.15, 0.2) is 70.1 Å². The van der Waals surface area contributed by atoms with Gasteiger partial charge in [0.2, 0.25) is 5.49 Å². The molecular weight excluding hydrogens is 528 g/mol. The molecule has 2 amide bonds. The molecule has 3 aromatic rings. The molecule has 3 N–H and O–H groups in total. The van der Waals surface area contributed by atoms with E-state index in [1.165, 1.54) is 19.3 Å². The molecular formula is C32H28N8O2. The Morgan fingerprint density at radius 1 is 0.881 bits per heavy atom. The summed E-state index contributed by atoms with van der Waals surface area (Å²) >= 11 is 0. The number of nitrogens with zero attached hydrogens (tertiary/aromatic N) is 5. The summed E-state index contributed by atoms with van der Waals surface area (Å²) in [7, 11) is 0. The van der Waals surface area contributed by atoms with E-state index in [1.54, 1.807) is 17.2 Å². The Kier molecular flexibility index (Phi) is 5.73. The minimum atomic E-state index is -0.561. The van der Waals surface area contributed by atoms with Crippen molar-refractivity contribution in [3.63, 3.8) is 0 Å². The molecule has 3 aromatic heterocycles. The highest BCUT2D eigenvalue weighted by Gasteiger charge is 2.31. The third-order valence-electron chi connectivity index (χ3n) is 8.36. The summed E-state index contributed by atoms with van der Waals surface area (Å²) in [5.41, 5.74) is 4.86. The maximum absolute atomic E-state index is 13.2. The van der Waals surface area contributed by atoms with Crippen LogP contribution < -0.4 is 31.8 Å². The van der Waals surface area contributed by atoms with E-state index in [1.807, 2.05) is 54.6 Å². The van der Waals surface area contributed by atoms with Gasteiger partial charge in [-0.15, -0.1) is 0 Å². The van der Waals surface area contributed by atoms with Gasteiger partial charge in [-0.2, -0.15) is 4.99 Å². The van der Waals surface area contributed by atoms with Crippen molar-refractivity contribution in [1.82, 2.24) is 25.3 Å². The number of urea groups is 1. The number of nitrogens with one attached hydrogen (secondary N) is 3. The number of hydrogen-bond acceptors (Lipinski definition) is 6. The Hall–Kier alpha value is -5.12. The first-order valence-electron chi connectivity index (χ1n) is 14.4. The van der Waals surface area contributed by atoms with Gasteiger partial charge in [0.05, 0.1) is 34.2 Å². The molecule has 10 heteroatoms. The van der Waals surface area contributed by atoms with Crippen LogP contribution in [0.1, 0.15) is 43.5 Å². The molecule has 208 valence electrons. The maximum atomic E-state index is 13.2. The van der Waals surface area contributed by atoms with Crippen LogP contribution in [-0.2, 0) is 4.79 Å². The van der Waals surface area contributed by atoms with Crippen molar-refractivity contribution in [2.45, 2.75) is 38.1 Å². The molecule has 5 aliphatic rings. The zero-order chi connectivity index (χ0) is 28.2. The van der Waals surface area contributed by atoms with Crippen LogP contribution in [-0.4, -0.2) is 50.0 Å². The number of ketones is 1. The predicted molar refractivity (Wildman–Crippen MR) is 159 cm³/mol. The zero-order valence-corrected chi connectivity index (χ0v) is 22.8. The molecule has 0 spiro atoms. The summed E-state index contributed by atoms with van der Waals surface area (Å²) < 4.78 is 0. The number of rotatable bonds is 2. The SMILES string of the molecule is O=C1C=C2NC1C=c1ccc([nH]1)=Cc1ccc([nH]1)C=C1C=CC(=N1)C2=c1cnc2c(n1)N(CC1CCCCC1)C(=O)N=2. The fraction of sp³-hybridized carbons (Fsp3) is 0.250. The topological polar surface area (TPSA) is 131 Å². The quantitative estimate of drug-likeness (QED) is 0.441. The minimum Gasteiger partial charge on any atom is -0.371 e. The number of amides is 2. The van der Waals surface area contributed by atoms with Crippen LogP contribution in [0.3, 0.4) is 0 Å². The molecule has 1 atom stereocenters. The summed E-state index contributed by atoms with van der Waals surface area (Å²) in [4.78, 5) is 53.1. The number of anilines is 1. The van der Waals surface area contributed by atoms with Crippen LogP contribution in [0.25, 0.3) is 23.8 Å². The van der Waals surface area contributed by atoms with E-state index >= 15 is 0 Å². The van der Waals surface area contributed by atoms with Crippen molar-refractivity contribution in [2.75, 3.05) is 11.4 Å². The number of H-pyrrole nitrogens is 2. The number of aromatic amines is 2. The van der Waals surface area contributed by atoms with Crippen molar-refractivity contribution in [2.24, 2.45) is 15.9 Å². The summed E-state index contributed by atoms with van der Waals surface area (Å²) in [6, 6.07) is 7.07. The van der Waals surface area contributed by atoms with Gasteiger partial charge in [0.1, 0.15) is 6.04 Å². The first-order chi connectivity index (χ1) is 20.6. The molecule has 1 aliphatic carbocycles. The minimum absolute atomic E-state index is 0.0721. The third-order valence-corrected chi connectivity index (χ3v) is 8.36. The predicted octanol–water partition coefficient (Wildman–Crippen LogP) is 1.52. The van der Waals surface area contributed by atoms with E-state index in [2.05, 4.69) is 25.3 Å². The number of hydrogen-bond donors (Lipinski definition) is 3. The number of aliphatic imine (C=N–C) groups is 1. The van der Waals surface area contributed by atoms with Crippen molar-refractivity contribution < 1.29 is 9.59 Å². The van der Waals surface area contributed by atoms with E-state index < -0.39 is 6.04 Å². The lowest BCUT2D eigenvalue weighted by Gasteiger charge is -2.25. The Morgan fingerprint density at radius 3 is 2.60 bits per heavy atom. The van der Waals surface area contributed by atoms with Crippen LogP contribution in [0, 0.1) is 5.92 Å². The molecule has 0 saturated heterocycles. The molecule has 7 heterocycles. The van der Waals surface area contributed by atoms with Gasteiger partial charge >= 0.3 is 6.03 Å². The van der Waals surface area contributed by atoms with E-state index in [-0.39, 0.29) is 11.8 Å². The Balaban J connectivity index is 1.28. The third kappa shape index (κ3) is 4.45. The summed E-state index contributed by atoms with van der Waals surface area (Å²) in [5.74, 6) is 0.812. The average Bonchev–Trinajstić information content (AvgIpc) is 3.82. The number of fused-ring (bicyclic) bond motifs is 8. The summed E-state index contributed by atoms with van der Waals surface area (Å²) in [5, 5.41) is 5.66. The van der Waals surface area contributed by atoms with Crippen molar-refractivity contribution in [1.29, 1.82) is 0 Å². The van der Waals surface area contributed by atoms with Gasteiger partial charge in [-0.1, -0.05) is 19.3 Å². The molecule has 42 heavy (non-hydrogen) atoms. The normalized spacial score (nSPS) is 22.5. The van der Waals surface area contributed by atoms with Gasteiger partial charge < -0.3 is 15.3 Å². The molecule has 1 saturated carbocycles. The smallest absolute Gasteiger partial charge is 0.351 e. The molecule has 10 nitrogen and oxygen atoms in total. The Morgan fingerprint density at radius 2 is 1.71 bits per heavy atom. The highest BCUT2D eigenvalue weighted by atomic mass is 16.2.